The van der Waals surface area contributed by atoms with Gasteiger partial charge in [-0.1, -0.05) is 0 Å². The second kappa shape index (κ2) is 7.28. The van der Waals surface area contributed by atoms with Gasteiger partial charge in [0.25, 0.3) is 0 Å². The number of carbonyl (C=O) groups is 1. The Balaban J connectivity index is 0.00000280. The fraction of sp³-hybridized carbons (Fsp3) is 0.933. The van der Waals surface area contributed by atoms with Gasteiger partial charge in [0.2, 0.25) is 0 Å². The molecule has 13 heteroatoms. The molecule has 28 heavy (non-hydrogen) atoms. The van der Waals surface area contributed by atoms with Crippen LogP contribution in [0, 0.1) is 23.2 Å². The van der Waals surface area contributed by atoms with E-state index in [4.69, 9.17) is 0 Å². The van der Waals surface area contributed by atoms with Crippen molar-refractivity contribution in [1.29, 1.82) is 0 Å². The first kappa shape index (κ1) is 24.2. The van der Waals surface area contributed by atoms with Gasteiger partial charge in [-0.3, -0.25) is 4.79 Å². The minimum Gasteiger partial charge on any atom is -0.748 e. The minimum absolute atomic E-state index is 0. The molecule has 5 nitrogen and oxygen atoms in total. The number of esters is 1. The summed E-state index contributed by atoms with van der Waals surface area (Å²) in [6, 6.07) is 0. The molecular formula is C15H17F6NaO5S. The van der Waals surface area contributed by atoms with E-state index in [0.29, 0.717) is 0 Å². The molecule has 0 aromatic carbocycles. The zero-order valence-corrected chi connectivity index (χ0v) is 17.7. The van der Waals surface area contributed by atoms with E-state index in [1.165, 1.54) is 0 Å². The van der Waals surface area contributed by atoms with Crippen molar-refractivity contribution in [2.75, 3.05) is 5.75 Å². The Kier molecular flexibility index (Phi) is 6.30. The van der Waals surface area contributed by atoms with Crippen LogP contribution >= 0.6 is 0 Å². The van der Waals surface area contributed by atoms with Crippen molar-refractivity contribution in [3.63, 3.8) is 0 Å². The summed E-state index contributed by atoms with van der Waals surface area (Å²) in [6.45, 7) is 0. The normalized spacial score (nSPS) is 32.8. The third-order valence-electron chi connectivity index (χ3n) is 6.03. The molecule has 0 N–H and O–H groups in total. The number of carbonyl (C=O) groups excluding carboxylic acids is 1. The summed E-state index contributed by atoms with van der Waals surface area (Å²) >= 11 is 0. The average molecular weight is 446 g/mol. The van der Waals surface area contributed by atoms with Crippen molar-refractivity contribution >= 4 is 16.1 Å². The van der Waals surface area contributed by atoms with Gasteiger partial charge < -0.3 is 9.29 Å². The summed E-state index contributed by atoms with van der Waals surface area (Å²) < 4.78 is 116. The number of alkyl halides is 6. The molecule has 156 valence electrons. The molecule has 0 saturated heterocycles. The summed E-state index contributed by atoms with van der Waals surface area (Å²) in [7, 11) is -6.02. The monoisotopic (exact) mass is 446 g/mol. The van der Waals surface area contributed by atoms with Gasteiger partial charge in [-0.05, 0) is 56.3 Å². The molecule has 0 unspecified atom stereocenters. The number of hydrogen-bond acceptors (Lipinski definition) is 5. The van der Waals surface area contributed by atoms with Crippen molar-refractivity contribution in [2.24, 2.45) is 23.2 Å². The van der Waals surface area contributed by atoms with Crippen LogP contribution in [-0.2, 0) is 19.6 Å². The van der Waals surface area contributed by atoms with Crippen molar-refractivity contribution in [2.45, 2.75) is 56.5 Å². The van der Waals surface area contributed by atoms with Gasteiger partial charge in [-0.25, -0.2) is 8.42 Å². The van der Waals surface area contributed by atoms with Gasteiger partial charge >= 0.3 is 53.5 Å². The topological polar surface area (TPSA) is 83.5 Å². The van der Waals surface area contributed by atoms with Crippen LogP contribution < -0.4 is 29.6 Å². The number of ether oxygens (including phenoxy) is 1. The van der Waals surface area contributed by atoms with E-state index in [-0.39, 0.29) is 66.6 Å². The minimum atomic E-state index is -6.32. The van der Waals surface area contributed by atoms with Crippen LogP contribution in [0.15, 0.2) is 0 Å². The molecule has 4 fully saturated rings. The molecule has 0 aromatic heterocycles. The zero-order chi connectivity index (χ0) is 20.5. The fourth-order valence-corrected chi connectivity index (χ4v) is 6.23. The molecule has 4 saturated carbocycles. The molecule has 4 aliphatic carbocycles. The summed E-state index contributed by atoms with van der Waals surface area (Å²) in [5.74, 6) is -4.57. The Morgan fingerprint density at radius 3 is 1.57 bits per heavy atom. The zero-order valence-electron chi connectivity index (χ0n) is 14.9. The van der Waals surface area contributed by atoms with Gasteiger partial charge in [0.1, 0.15) is 0 Å². The van der Waals surface area contributed by atoms with E-state index in [1.54, 1.807) is 0 Å². The van der Waals surface area contributed by atoms with Crippen LogP contribution in [0.3, 0.4) is 0 Å². The summed E-state index contributed by atoms with van der Waals surface area (Å²) in [5.41, 5.74) is -6.86. The maximum absolute atomic E-state index is 13.3. The molecule has 0 amide bonds. The molecule has 0 heterocycles. The molecule has 0 aromatic rings. The van der Waals surface area contributed by atoms with E-state index in [1.807, 2.05) is 0 Å². The van der Waals surface area contributed by atoms with Crippen LogP contribution in [-0.4, -0.2) is 42.6 Å². The van der Waals surface area contributed by atoms with Crippen LogP contribution in [0.4, 0.5) is 26.3 Å². The largest absolute Gasteiger partial charge is 1.00 e. The first-order valence-corrected chi connectivity index (χ1v) is 9.95. The predicted octanol–water partition coefficient (Wildman–Crippen LogP) is 0.159. The van der Waals surface area contributed by atoms with Gasteiger partial charge in [0.15, 0.2) is 0 Å². The van der Waals surface area contributed by atoms with E-state index >= 15 is 0 Å². The Morgan fingerprint density at radius 1 is 0.929 bits per heavy atom. The Bertz CT molecular complexity index is 683. The number of hydrogen-bond donors (Lipinski definition) is 0. The number of halogens is 6. The molecular weight excluding hydrogens is 429 g/mol. The van der Waals surface area contributed by atoms with Crippen molar-refractivity contribution in [3.05, 3.63) is 0 Å². The van der Waals surface area contributed by atoms with Crippen molar-refractivity contribution in [1.82, 2.24) is 0 Å². The summed E-state index contributed by atoms with van der Waals surface area (Å²) in [5, 5.41) is 0. The molecule has 0 radical (unpaired) electrons. The molecule has 4 rings (SSSR count). The second-order valence-corrected chi connectivity index (χ2v) is 9.52. The van der Waals surface area contributed by atoms with E-state index < -0.39 is 45.2 Å². The summed E-state index contributed by atoms with van der Waals surface area (Å²) in [4.78, 5) is 12.6. The van der Waals surface area contributed by atoms with Crippen molar-refractivity contribution < 1.29 is 78.4 Å². The predicted molar refractivity (Wildman–Crippen MR) is 76.1 cm³/mol. The maximum Gasteiger partial charge on any atom is 1.00 e. The smallest absolute Gasteiger partial charge is 0.748 e. The molecule has 0 spiro atoms. The van der Waals surface area contributed by atoms with Gasteiger partial charge in [-0.2, -0.15) is 26.3 Å². The quantitative estimate of drug-likeness (QED) is 0.266. The Morgan fingerprint density at radius 2 is 1.29 bits per heavy atom. The Labute approximate surface area is 179 Å². The number of rotatable bonds is 4. The van der Waals surface area contributed by atoms with Gasteiger partial charge in [-0.15, -0.1) is 0 Å². The van der Waals surface area contributed by atoms with E-state index in [9.17, 15) is 44.1 Å². The third-order valence-corrected chi connectivity index (χ3v) is 6.79. The third kappa shape index (κ3) is 4.21. The average Bonchev–Trinajstić information content (AvgIpc) is 2.40. The fourth-order valence-electron chi connectivity index (χ4n) is 5.35. The molecule has 0 aliphatic heterocycles. The molecule has 4 aliphatic rings. The van der Waals surface area contributed by atoms with Crippen molar-refractivity contribution in [3.8, 4) is 0 Å². The maximum atomic E-state index is 13.3. The Hall–Kier alpha value is -0.0400. The first-order chi connectivity index (χ1) is 12.1. The second-order valence-electron chi connectivity index (χ2n) is 8.11. The summed E-state index contributed by atoms with van der Waals surface area (Å²) in [6.07, 6.45) is -9.97. The van der Waals surface area contributed by atoms with Gasteiger partial charge in [0.05, 0.1) is 21.3 Å². The van der Waals surface area contributed by atoms with Crippen LogP contribution in [0.25, 0.3) is 0 Å². The van der Waals surface area contributed by atoms with Crippen LogP contribution in [0.1, 0.15) is 38.5 Å². The first-order valence-electron chi connectivity index (χ1n) is 8.37. The van der Waals surface area contributed by atoms with E-state index in [2.05, 4.69) is 4.74 Å². The molecule has 4 bridgehead atoms. The van der Waals surface area contributed by atoms with Crippen LogP contribution in [0.5, 0.6) is 0 Å². The van der Waals surface area contributed by atoms with E-state index in [0.717, 1.165) is 19.3 Å². The molecule has 0 atom stereocenters. The van der Waals surface area contributed by atoms with Crippen LogP contribution in [0.2, 0.25) is 0 Å². The van der Waals surface area contributed by atoms with Gasteiger partial charge in [0, 0.05) is 0 Å². The SMILES string of the molecule is O=C(OC(CS(=O)(=O)[O-])(C(F)(F)F)C(F)(F)F)C12CC3CC(CC(C3)C1)C2.[Na+]. The standard InChI is InChI=1S/C15H18F6O5S.Na/c16-14(17,18)13(15(19,20)21,7-27(23,24)25)26-11(22)12-4-8-1-9(5-12)3-10(2-8)6-12;/h8-10H,1-7H2,(H,23,24,25);/q;+1/p-1.